The molecule has 7 aliphatic rings. The van der Waals surface area contributed by atoms with Gasteiger partial charge in [0.05, 0.1) is 36.9 Å². The zero-order valence-corrected chi connectivity index (χ0v) is 28.9. The lowest BCUT2D eigenvalue weighted by molar-refractivity contribution is -0.245. The summed E-state index contributed by atoms with van der Waals surface area (Å²) in [5.74, 6) is 2.09. The Morgan fingerprint density at radius 2 is 1.80 bits per heavy atom. The Labute approximate surface area is 271 Å². The molecule has 2 aliphatic heterocycles. The van der Waals surface area contributed by atoms with E-state index in [0.717, 1.165) is 31.2 Å². The van der Waals surface area contributed by atoms with E-state index in [-0.39, 0.29) is 42.5 Å². The fourth-order valence-electron chi connectivity index (χ4n) is 13.1. The van der Waals surface area contributed by atoms with Gasteiger partial charge >= 0.3 is 5.97 Å². The van der Waals surface area contributed by atoms with Crippen LogP contribution in [-0.4, -0.2) is 90.2 Å². The molecule has 12 unspecified atom stereocenters. The van der Waals surface area contributed by atoms with Crippen LogP contribution in [0.4, 0.5) is 0 Å². The second-order valence-corrected chi connectivity index (χ2v) is 17.7. The highest BCUT2D eigenvalue weighted by molar-refractivity contribution is 5.66. The molecule has 7 fully saturated rings. The molecule has 0 amide bonds. The molecule has 0 aromatic heterocycles. The molecule has 8 heteroatoms. The number of carboxylic acids is 1. The minimum atomic E-state index is -0.913. The predicted octanol–water partition coefficient (Wildman–Crippen LogP) is 5.89. The topological polar surface area (TPSA) is 97.7 Å². The van der Waals surface area contributed by atoms with Crippen molar-refractivity contribution >= 4 is 5.97 Å². The Hall–Kier alpha value is -0.770. The highest BCUT2D eigenvalue weighted by atomic mass is 16.7. The first-order valence-corrected chi connectivity index (χ1v) is 18.5. The first kappa shape index (κ1) is 32.8. The summed E-state index contributed by atoms with van der Waals surface area (Å²) >= 11 is 0. The summed E-state index contributed by atoms with van der Waals surface area (Å²) in [6, 6.07) is 0. The van der Waals surface area contributed by atoms with Gasteiger partial charge in [-0.25, -0.2) is 0 Å². The molecule has 256 valence electrons. The van der Waals surface area contributed by atoms with Crippen LogP contribution in [0.1, 0.15) is 112 Å². The Bertz CT molecular complexity index is 1120. The zero-order chi connectivity index (χ0) is 32.0. The van der Waals surface area contributed by atoms with Gasteiger partial charge in [-0.1, -0.05) is 20.8 Å². The number of morpholine rings is 1. The van der Waals surface area contributed by atoms with Crippen molar-refractivity contribution in [2.75, 3.05) is 32.8 Å². The van der Waals surface area contributed by atoms with Crippen LogP contribution in [0, 0.1) is 45.3 Å². The number of aliphatic carboxylic acids is 1. The normalized spacial score (nSPS) is 47.9. The number of rotatable bonds is 9. The van der Waals surface area contributed by atoms with Crippen molar-refractivity contribution in [3.63, 3.8) is 0 Å². The fourth-order valence-corrected chi connectivity index (χ4v) is 13.1. The van der Waals surface area contributed by atoms with Gasteiger partial charge in [-0.05, 0) is 130 Å². The van der Waals surface area contributed by atoms with E-state index in [0.29, 0.717) is 54.4 Å². The molecule has 5 saturated carbocycles. The third-order valence-corrected chi connectivity index (χ3v) is 15.0. The van der Waals surface area contributed by atoms with E-state index in [1.807, 2.05) is 20.8 Å². The number of fused-ring (bicyclic) bond motifs is 4. The van der Waals surface area contributed by atoms with Crippen molar-refractivity contribution in [2.45, 2.75) is 148 Å². The minimum absolute atomic E-state index is 0.0274. The summed E-state index contributed by atoms with van der Waals surface area (Å²) in [5, 5.41) is 20.1. The van der Waals surface area contributed by atoms with E-state index < -0.39 is 11.6 Å². The SMILES string of the molecule is CCOC(C1CCC2C(CC3C4CCC5C(C)(C)C(OC6CN(CCC(=O)O)CCO6)CCC56CC46CCC23C)O1)C(C)(C)O. The van der Waals surface area contributed by atoms with E-state index >= 15 is 0 Å². The lowest BCUT2D eigenvalue weighted by atomic mass is 9.46. The fraction of sp³-hybridized carbons (Fsp3) is 0.973. The van der Waals surface area contributed by atoms with Crippen LogP contribution in [0.2, 0.25) is 0 Å². The monoisotopic (exact) mass is 631 g/mol. The van der Waals surface area contributed by atoms with Crippen LogP contribution in [0.3, 0.4) is 0 Å². The third-order valence-electron chi connectivity index (χ3n) is 15.0. The molecule has 2 N–H and O–H groups in total. The standard InChI is InChI=1S/C37H61NO7/c1-7-42-32(34(4,5)41)26-10-8-24-27(44-26)20-25-23-9-11-28-33(2,3)29(45-31-21-38(18-19-43-31)17-13-30(39)40)12-14-37(28)22-36(23,37)16-15-35(24,25)6/h23-29,31-32,41H,7-22H2,1-6H3,(H,39,40). The van der Waals surface area contributed by atoms with Crippen molar-refractivity contribution in [1.29, 1.82) is 0 Å². The van der Waals surface area contributed by atoms with Crippen molar-refractivity contribution in [1.82, 2.24) is 4.90 Å². The third kappa shape index (κ3) is 5.17. The largest absolute Gasteiger partial charge is 0.481 e. The number of hydrogen-bond donors (Lipinski definition) is 2. The second-order valence-electron chi connectivity index (χ2n) is 17.7. The van der Waals surface area contributed by atoms with Gasteiger partial charge in [0.1, 0.15) is 6.10 Å². The van der Waals surface area contributed by atoms with E-state index in [4.69, 9.17) is 24.1 Å². The summed E-state index contributed by atoms with van der Waals surface area (Å²) in [7, 11) is 0. The zero-order valence-electron chi connectivity index (χ0n) is 28.9. The van der Waals surface area contributed by atoms with E-state index in [1.54, 1.807) is 0 Å². The predicted molar refractivity (Wildman–Crippen MR) is 171 cm³/mol. The molecular weight excluding hydrogens is 570 g/mol. The molecule has 0 bridgehead atoms. The van der Waals surface area contributed by atoms with Crippen LogP contribution < -0.4 is 0 Å². The second kappa shape index (κ2) is 11.4. The lowest BCUT2D eigenvalue weighted by Gasteiger charge is -2.60. The maximum absolute atomic E-state index is 11.1. The molecule has 8 nitrogen and oxygen atoms in total. The summed E-state index contributed by atoms with van der Waals surface area (Å²) in [6.45, 7) is 16.5. The molecule has 2 saturated heterocycles. The van der Waals surface area contributed by atoms with Crippen LogP contribution in [-0.2, 0) is 23.7 Å². The number of aliphatic hydroxyl groups is 1. The van der Waals surface area contributed by atoms with Gasteiger partial charge < -0.3 is 29.2 Å². The van der Waals surface area contributed by atoms with Crippen LogP contribution in [0.15, 0.2) is 0 Å². The van der Waals surface area contributed by atoms with Gasteiger partial charge in [-0.2, -0.15) is 0 Å². The molecule has 2 spiro atoms. The van der Waals surface area contributed by atoms with E-state index in [9.17, 15) is 9.90 Å². The molecule has 12 atom stereocenters. The Balaban J connectivity index is 1.04. The number of carbonyl (C=O) groups is 1. The van der Waals surface area contributed by atoms with Gasteiger partial charge in [0, 0.05) is 26.2 Å². The van der Waals surface area contributed by atoms with Gasteiger partial charge in [0.2, 0.25) is 0 Å². The summed E-state index contributed by atoms with van der Waals surface area (Å²) in [5.41, 5.74) is 0.485. The number of nitrogens with zero attached hydrogens (tertiary/aromatic N) is 1. The highest BCUT2D eigenvalue weighted by Gasteiger charge is 2.80. The molecule has 0 aromatic rings. The quantitative estimate of drug-likeness (QED) is 0.325. The van der Waals surface area contributed by atoms with Crippen molar-refractivity contribution < 1.29 is 34.0 Å². The maximum Gasteiger partial charge on any atom is 0.304 e. The Morgan fingerprint density at radius 3 is 2.53 bits per heavy atom. The minimum Gasteiger partial charge on any atom is -0.481 e. The van der Waals surface area contributed by atoms with Gasteiger partial charge in [-0.3, -0.25) is 9.69 Å². The van der Waals surface area contributed by atoms with Crippen LogP contribution in [0.5, 0.6) is 0 Å². The van der Waals surface area contributed by atoms with Gasteiger partial charge in [-0.15, -0.1) is 0 Å². The molecule has 5 aliphatic carbocycles. The average Bonchev–Trinajstić information content (AvgIpc) is 3.56. The first-order valence-electron chi connectivity index (χ1n) is 18.5. The average molecular weight is 632 g/mol. The van der Waals surface area contributed by atoms with Crippen molar-refractivity contribution in [2.24, 2.45) is 45.3 Å². The molecule has 2 heterocycles. The molecule has 7 rings (SSSR count). The van der Waals surface area contributed by atoms with E-state index in [1.165, 1.54) is 51.4 Å². The van der Waals surface area contributed by atoms with Crippen molar-refractivity contribution in [3.05, 3.63) is 0 Å². The van der Waals surface area contributed by atoms with Crippen LogP contribution >= 0.6 is 0 Å². The first-order chi connectivity index (χ1) is 21.2. The maximum atomic E-state index is 11.1. The Kier molecular flexibility index (Phi) is 8.30. The van der Waals surface area contributed by atoms with Gasteiger partial charge in [0.15, 0.2) is 6.29 Å². The molecular formula is C37H61NO7. The smallest absolute Gasteiger partial charge is 0.304 e. The van der Waals surface area contributed by atoms with E-state index in [2.05, 4.69) is 25.7 Å². The molecule has 45 heavy (non-hydrogen) atoms. The number of ether oxygens (including phenoxy) is 4. The van der Waals surface area contributed by atoms with Crippen molar-refractivity contribution in [3.8, 4) is 0 Å². The number of carboxylic acid groups (broad SMARTS) is 1. The van der Waals surface area contributed by atoms with Crippen LogP contribution in [0.25, 0.3) is 0 Å². The Morgan fingerprint density at radius 1 is 1.02 bits per heavy atom. The lowest BCUT2D eigenvalue weighted by Crippen LogP contribution is -2.56. The highest BCUT2D eigenvalue weighted by Crippen LogP contribution is 2.87. The summed E-state index contributed by atoms with van der Waals surface area (Å²) < 4.78 is 25.9. The van der Waals surface area contributed by atoms with Gasteiger partial charge in [0.25, 0.3) is 0 Å². The molecule has 0 radical (unpaired) electrons. The summed E-state index contributed by atoms with van der Waals surface area (Å²) in [6.07, 6.45) is 12.5. The number of hydrogen-bond acceptors (Lipinski definition) is 7. The molecule has 0 aromatic carbocycles. The summed E-state index contributed by atoms with van der Waals surface area (Å²) in [4.78, 5) is 13.3.